The van der Waals surface area contributed by atoms with Crippen molar-refractivity contribution in [1.29, 1.82) is 0 Å². The number of carboxylic acid groups (broad SMARTS) is 1. The Bertz CT molecular complexity index is 968. The van der Waals surface area contributed by atoms with E-state index in [1.165, 1.54) is 19.1 Å². The first-order valence-corrected chi connectivity index (χ1v) is 11.5. The molecule has 4 amide bonds. The molecule has 1 aromatic rings. The topological polar surface area (TPSA) is 226 Å². The lowest BCUT2D eigenvalue weighted by Crippen LogP contribution is -2.55. The third kappa shape index (κ3) is 12.4. The van der Waals surface area contributed by atoms with Crippen LogP contribution in [0.25, 0.3) is 0 Å². The molecule has 0 heterocycles. The molecule has 0 bridgehead atoms. The Hall–Kier alpha value is -4.20. The molecule has 14 heteroatoms. The lowest BCUT2D eigenvalue weighted by atomic mass is 10.0. The number of ether oxygens (including phenoxy) is 1. The molecule has 0 aliphatic rings. The minimum atomic E-state index is -1.29. The summed E-state index contributed by atoms with van der Waals surface area (Å²) in [5.74, 6) is -4.71. The van der Waals surface area contributed by atoms with Crippen LogP contribution in [0.1, 0.15) is 32.3 Å². The maximum absolute atomic E-state index is 12.7. The normalized spacial score (nSPS) is 12.8. The largest absolute Gasteiger partial charge is 0.508 e. The number of nitrogens with two attached hydrogens (primary N) is 1. The highest BCUT2D eigenvalue weighted by Crippen LogP contribution is 2.11. The minimum absolute atomic E-state index is 0.0441. The molecule has 0 radical (unpaired) electrons. The van der Waals surface area contributed by atoms with Crippen molar-refractivity contribution in [3.8, 4) is 5.75 Å². The third-order valence-electron chi connectivity index (χ3n) is 4.92. The molecular weight excluding hydrogens is 490 g/mol. The van der Waals surface area contributed by atoms with E-state index in [2.05, 4.69) is 26.0 Å². The minimum Gasteiger partial charge on any atom is -0.508 e. The number of phenols is 1. The van der Waals surface area contributed by atoms with Crippen LogP contribution in [-0.2, 0) is 39.9 Å². The number of aliphatic carboxylic acids is 1. The molecule has 8 N–H and O–H groups in total. The van der Waals surface area contributed by atoms with Crippen LogP contribution in [0.4, 0.5) is 0 Å². The third-order valence-corrected chi connectivity index (χ3v) is 4.92. The first-order chi connectivity index (χ1) is 17.4. The summed E-state index contributed by atoms with van der Waals surface area (Å²) in [5, 5.41) is 27.6. The van der Waals surface area contributed by atoms with Gasteiger partial charge in [-0.3, -0.25) is 28.8 Å². The van der Waals surface area contributed by atoms with Gasteiger partial charge in [-0.15, -0.1) is 0 Å². The molecule has 3 atom stereocenters. The number of carbonyl (C=O) groups excluding carboxylic acids is 5. The van der Waals surface area contributed by atoms with Crippen molar-refractivity contribution in [1.82, 2.24) is 21.3 Å². The first kappa shape index (κ1) is 30.8. The van der Waals surface area contributed by atoms with Gasteiger partial charge in [0.05, 0.1) is 19.2 Å². The van der Waals surface area contributed by atoms with Crippen molar-refractivity contribution >= 4 is 35.6 Å². The van der Waals surface area contributed by atoms with Gasteiger partial charge in [-0.1, -0.05) is 12.1 Å². The number of carboxylic acids is 1. The molecular formula is C23H33N5O9. The fraction of sp³-hybridized carbons (Fsp3) is 0.478. The van der Waals surface area contributed by atoms with Gasteiger partial charge in [-0.2, -0.15) is 0 Å². The van der Waals surface area contributed by atoms with Crippen LogP contribution in [0, 0.1) is 0 Å². The van der Waals surface area contributed by atoms with Crippen LogP contribution in [0.15, 0.2) is 24.3 Å². The van der Waals surface area contributed by atoms with E-state index in [9.17, 15) is 33.9 Å². The molecule has 0 saturated heterocycles. The van der Waals surface area contributed by atoms with Gasteiger partial charge < -0.3 is 42.0 Å². The summed E-state index contributed by atoms with van der Waals surface area (Å²) < 4.78 is 4.66. The van der Waals surface area contributed by atoms with Crippen LogP contribution in [0.5, 0.6) is 5.75 Å². The molecule has 1 aromatic carbocycles. The van der Waals surface area contributed by atoms with E-state index in [1.54, 1.807) is 19.1 Å². The summed E-state index contributed by atoms with van der Waals surface area (Å²) in [5.41, 5.74) is 6.57. The van der Waals surface area contributed by atoms with E-state index >= 15 is 0 Å². The van der Waals surface area contributed by atoms with Crippen molar-refractivity contribution < 1.29 is 43.7 Å². The molecule has 204 valence electrons. The number of carbonyl (C=O) groups is 6. The average molecular weight is 524 g/mol. The van der Waals surface area contributed by atoms with Crippen molar-refractivity contribution in [2.24, 2.45) is 5.73 Å². The Morgan fingerprint density at radius 1 is 0.946 bits per heavy atom. The van der Waals surface area contributed by atoms with E-state index < -0.39 is 66.7 Å². The van der Waals surface area contributed by atoms with Gasteiger partial charge >= 0.3 is 11.9 Å². The summed E-state index contributed by atoms with van der Waals surface area (Å²) in [4.78, 5) is 71.5. The fourth-order valence-corrected chi connectivity index (χ4v) is 2.94. The summed E-state index contributed by atoms with van der Waals surface area (Å²) in [7, 11) is 0. The number of hydrogen-bond acceptors (Lipinski definition) is 9. The van der Waals surface area contributed by atoms with Gasteiger partial charge in [0.1, 0.15) is 24.4 Å². The maximum Gasteiger partial charge on any atom is 0.325 e. The number of aromatic hydroxyl groups is 1. The first-order valence-electron chi connectivity index (χ1n) is 11.5. The van der Waals surface area contributed by atoms with Crippen LogP contribution in [0.3, 0.4) is 0 Å². The van der Waals surface area contributed by atoms with E-state index in [4.69, 9.17) is 10.8 Å². The van der Waals surface area contributed by atoms with E-state index in [-0.39, 0.29) is 31.7 Å². The van der Waals surface area contributed by atoms with Crippen LogP contribution in [-0.4, -0.2) is 83.6 Å². The molecule has 14 nitrogen and oxygen atoms in total. The van der Waals surface area contributed by atoms with Gasteiger partial charge in [0.2, 0.25) is 23.6 Å². The molecule has 37 heavy (non-hydrogen) atoms. The number of rotatable bonds is 15. The molecule has 0 saturated carbocycles. The smallest absolute Gasteiger partial charge is 0.325 e. The average Bonchev–Trinajstić information content (AvgIpc) is 2.84. The summed E-state index contributed by atoms with van der Waals surface area (Å²) in [6.45, 7) is 2.26. The molecule has 0 aliphatic carbocycles. The van der Waals surface area contributed by atoms with Crippen molar-refractivity contribution in [3.05, 3.63) is 29.8 Å². The van der Waals surface area contributed by atoms with Crippen LogP contribution in [0.2, 0.25) is 0 Å². The van der Waals surface area contributed by atoms with E-state index in [1.807, 2.05) is 0 Å². The number of amides is 4. The second-order valence-electron chi connectivity index (χ2n) is 8.00. The molecule has 1 rings (SSSR count). The Balaban J connectivity index is 2.65. The van der Waals surface area contributed by atoms with E-state index in [0.29, 0.717) is 5.56 Å². The predicted octanol–water partition coefficient (Wildman–Crippen LogP) is -2.09. The second kappa shape index (κ2) is 15.7. The van der Waals surface area contributed by atoms with Crippen LogP contribution >= 0.6 is 0 Å². The lowest BCUT2D eigenvalue weighted by molar-refractivity contribution is -0.143. The Morgan fingerprint density at radius 3 is 2.19 bits per heavy atom. The Kier molecular flexibility index (Phi) is 13.1. The van der Waals surface area contributed by atoms with Gasteiger partial charge in [0.15, 0.2) is 0 Å². The number of phenolic OH excluding ortho intramolecular Hbond substituents is 1. The monoisotopic (exact) mass is 523 g/mol. The zero-order valence-corrected chi connectivity index (χ0v) is 20.6. The van der Waals surface area contributed by atoms with E-state index in [0.717, 1.165) is 0 Å². The highest BCUT2D eigenvalue weighted by atomic mass is 16.5. The summed E-state index contributed by atoms with van der Waals surface area (Å²) >= 11 is 0. The zero-order chi connectivity index (χ0) is 28.0. The van der Waals surface area contributed by atoms with Gasteiger partial charge in [0.25, 0.3) is 0 Å². The Labute approximate surface area is 213 Å². The van der Waals surface area contributed by atoms with Gasteiger partial charge in [-0.25, -0.2) is 0 Å². The number of esters is 1. The number of hydrogen-bond donors (Lipinski definition) is 7. The van der Waals surface area contributed by atoms with Crippen molar-refractivity contribution in [2.45, 2.75) is 51.2 Å². The SMILES string of the molecule is CCOC(=O)CNC(=O)CNC(=O)[C@H](C)NC(=O)[C@H](CCC(=O)O)NC(=O)[C@@H](N)Cc1ccc(O)cc1. The lowest BCUT2D eigenvalue weighted by Gasteiger charge is -2.22. The van der Waals surface area contributed by atoms with Gasteiger partial charge in [0, 0.05) is 6.42 Å². The highest BCUT2D eigenvalue weighted by molar-refractivity contribution is 5.94. The highest BCUT2D eigenvalue weighted by Gasteiger charge is 2.27. The molecule has 0 unspecified atom stereocenters. The molecule has 0 spiro atoms. The summed E-state index contributed by atoms with van der Waals surface area (Å²) in [6.07, 6.45) is -0.605. The number of benzene rings is 1. The van der Waals surface area contributed by atoms with Crippen molar-refractivity contribution in [3.63, 3.8) is 0 Å². The van der Waals surface area contributed by atoms with Crippen LogP contribution < -0.4 is 27.0 Å². The van der Waals surface area contributed by atoms with Crippen molar-refractivity contribution in [2.75, 3.05) is 19.7 Å². The fourth-order valence-electron chi connectivity index (χ4n) is 2.94. The standard InChI is InChI=1S/C23H33N5O9/c1-3-37-20(33)12-25-18(30)11-26-21(34)13(2)27-23(36)17(8-9-19(31)32)28-22(35)16(24)10-14-4-6-15(29)7-5-14/h4-7,13,16-17,29H,3,8-12,24H2,1-2H3,(H,25,30)(H,26,34)(H,27,36)(H,28,35)(H,31,32)/t13-,16-,17-/m0/s1. The molecule has 0 aromatic heterocycles. The quantitative estimate of drug-likeness (QED) is 0.124. The summed E-state index contributed by atoms with van der Waals surface area (Å²) in [6, 6.07) is 2.51. The number of nitrogens with one attached hydrogen (secondary N) is 4. The maximum atomic E-state index is 12.7. The second-order valence-corrected chi connectivity index (χ2v) is 8.00. The van der Waals surface area contributed by atoms with Gasteiger partial charge in [-0.05, 0) is 44.4 Å². The predicted molar refractivity (Wildman–Crippen MR) is 129 cm³/mol. The molecule has 0 fully saturated rings. The molecule has 0 aliphatic heterocycles. The zero-order valence-electron chi connectivity index (χ0n) is 20.6. The Morgan fingerprint density at radius 2 is 1.59 bits per heavy atom.